The minimum Gasteiger partial charge on any atom is -0.309 e. The molecule has 0 spiro atoms. The van der Waals surface area contributed by atoms with Crippen molar-refractivity contribution >= 4 is 62.1 Å². The van der Waals surface area contributed by atoms with Crippen molar-refractivity contribution in [2.24, 2.45) is 0 Å². The Morgan fingerprint density at radius 3 is 1.63 bits per heavy atom. The van der Waals surface area contributed by atoms with E-state index in [1.165, 1.54) is 71.2 Å². The van der Waals surface area contributed by atoms with Crippen molar-refractivity contribution in [1.82, 2.24) is 9.13 Å². The molecule has 254 valence electrons. The van der Waals surface area contributed by atoms with E-state index >= 15 is 0 Å². The Morgan fingerprint density at radius 2 is 1.00 bits per heavy atom. The Hall–Kier alpha value is -6.66. The number of para-hydroxylation sites is 1. The lowest BCUT2D eigenvalue weighted by Crippen LogP contribution is -2.49. The third kappa shape index (κ3) is 3.89. The van der Waals surface area contributed by atoms with Crippen molar-refractivity contribution in [2.75, 3.05) is 0 Å². The average molecular weight is 707 g/mol. The van der Waals surface area contributed by atoms with E-state index in [-0.39, 0.29) is 5.41 Å². The van der Waals surface area contributed by atoms with Gasteiger partial charge < -0.3 is 9.13 Å². The number of nitriles is 2. The summed E-state index contributed by atoms with van der Waals surface area (Å²) in [4.78, 5) is 0. The summed E-state index contributed by atoms with van der Waals surface area (Å²) in [7, 11) is -2.00. The molecule has 2 aromatic heterocycles. The number of hydrogen-bond acceptors (Lipinski definition) is 2. The molecule has 0 fully saturated rings. The highest BCUT2D eigenvalue weighted by Crippen LogP contribution is 2.51. The summed E-state index contributed by atoms with van der Waals surface area (Å²) in [5.74, 6) is 0. The van der Waals surface area contributed by atoms with Gasteiger partial charge in [0.2, 0.25) is 0 Å². The van der Waals surface area contributed by atoms with Gasteiger partial charge in [0.25, 0.3) is 0 Å². The minimum atomic E-state index is -2.00. The summed E-state index contributed by atoms with van der Waals surface area (Å²) < 4.78 is 4.76. The van der Waals surface area contributed by atoms with E-state index in [1.807, 2.05) is 36.4 Å². The zero-order valence-corrected chi connectivity index (χ0v) is 31.5. The molecule has 0 saturated heterocycles. The zero-order chi connectivity index (χ0) is 36.7. The molecular weight excluding hydrogens is 673 g/mol. The van der Waals surface area contributed by atoms with Crippen LogP contribution in [0.25, 0.3) is 77.2 Å². The Balaban J connectivity index is 1.15. The molecule has 9 aromatic rings. The molecule has 7 aromatic carbocycles. The number of hydrogen-bond donors (Lipinski definition) is 0. The normalized spacial score (nSPS) is 14.6. The number of fused-ring (bicyclic) bond motifs is 12. The lowest BCUT2D eigenvalue weighted by molar-refractivity contribution is 0.661. The maximum Gasteiger partial charge on any atom is 0.113 e. The van der Waals surface area contributed by atoms with Gasteiger partial charge in [-0.2, -0.15) is 10.5 Å². The lowest BCUT2D eigenvalue weighted by Gasteiger charge is -2.21. The first-order valence-electron chi connectivity index (χ1n) is 18.6. The Morgan fingerprint density at radius 1 is 0.463 bits per heavy atom. The quantitative estimate of drug-likeness (QED) is 0.168. The van der Waals surface area contributed by atoms with Crippen molar-refractivity contribution in [2.45, 2.75) is 32.4 Å². The van der Waals surface area contributed by atoms with Crippen molar-refractivity contribution < 1.29 is 0 Å². The van der Waals surface area contributed by atoms with Gasteiger partial charge in [-0.3, -0.25) is 0 Å². The van der Waals surface area contributed by atoms with Gasteiger partial charge in [0.05, 0.1) is 45.3 Å². The number of benzene rings is 7. The van der Waals surface area contributed by atoms with Gasteiger partial charge in [-0.1, -0.05) is 81.5 Å². The van der Waals surface area contributed by atoms with Crippen LogP contribution in [0.5, 0.6) is 0 Å². The molecule has 0 radical (unpaired) electrons. The molecule has 0 atom stereocenters. The summed E-state index contributed by atoms with van der Waals surface area (Å²) in [5.41, 5.74) is 15.9. The lowest BCUT2D eigenvalue weighted by atomic mass is 9.82. The van der Waals surface area contributed by atoms with Crippen LogP contribution in [0, 0.1) is 22.7 Å². The summed E-state index contributed by atoms with van der Waals surface area (Å²) in [5, 5.41) is 26.9. The van der Waals surface area contributed by atoms with Gasteiger partial charge in [0.15, 0.2) is 0 Å². The largest absolute Gasteiger partial charge is 0.309 e. The summed E-state index contributed by atoms with van der Waals surface area (Å²) in [6, 6.07) is 53.1. The monoisotopic (exact) mass is 706 g/mol. The Kier molecular flexibility index (Phi) is 6.00. The van der Waals surface area contributed by atoms with Crippen molar-refractivity contribution in [3.8, 4) is 45.8 Å². The molecule has 0 amide bonds. The highest BCUT2D eigenvalue weighted by molar-refractivity contribution is 7.03. The van der Waals surface area contributed by atoms with Crippen LogP contribution < -0.4 is 10.4 Å². The van der Waals surface area contributed by atoms with Crippen LogP contribution in [-0.4, -0.2) is 17.2 Å². The van der Waals surface area contributed by atoms with E-state index < -0.39 is 8.07 Å². The first-order valence-corrected chi connectivity index (χ1v) is 21.6. The summed E-state index contributed by atoms with van der Waals surface area (Å²) in [6.45, 7) is 9.64. The first-order chi connectivity index (χ1) is 26.2. The van der Waals surface area contributed by atoms with Crippen LogP contribution in [0.2, 0.25) is 13.1 Å². The van der Waals surface area contributed by atoms with Gasteiger partial charge in [0.1, 0.15) is 8.07 Å². The number of rotatable bonds is 2. The van der Waals surface area contributed by atoms with Gasteiger partial charge >= 0.3 is 0 Å². The fourth-order valence-electron chi connectivity index (χ4n) is 9.91. The molecular formula is C49H34N4Si. The molecule has 2 aliphatic rings. The summed E-state index contributed by atoms with van der Waals surface area (Å²) in [6.07, 6.45) is 0. The van der Waals surface area contributed by atoms with Crippen molar-refractivity contribution in [3.05, 3.63) is 156 Å². The van der Waals surface area contributed by atoms with Crippen molar-refractivity contribution in [1.29, 1.82) is 10.5 Å². The Labute approximate surface area is 314 Å². The van der Waals surface area contributed by atoms with E-state index in [4.69, 9.17) is 0 Å². The first kappa shape index (κ1) is 30.9. The van der Waals surface area contributed by atoms with Gasteiger partial charge in [-0.15, -0.1) is 0 Å². The molecule has 5 heteroatoms. The molecule has 0 saturated carbocycles. The average Bonchev–Trinajstić information content (AvgIpc) is 3.84. The molecule has 3 heterocycles. The van der Waals surface area contributed by atoms with E-state index in [0.29, 0.717) is 11.1 Å². The molecule has 1 aliphatic heterocycles. The standard InChI is InChI=1S/C49H34N4Si/c1-49(2)41-11-7-5-9-33(41)35-26-46-38(25-42(35)49)34-10-6-8-12-43(34)53(46)32-16-20-48-40(24-32)39-23-31(15-19-47(39)54(48,3)4)52-44-17-13-29(27-50)21-36(44)37-22-30(28-51)14-18-45(37)52/h5-26H,1-4H3. The maximum absolute atomic E-state index is 9.74. The van der Waals surface area contributed by atoms with Crippen LogP contribution in [0.1, 0.15) is 36.1 Å². The predicted molar refractivity (Wildman–Crippen MR) is 224 cm³/mol. The highest BCUT2D eigenvalue weighted by atomic mass is 28.3. The Bertz CT molecular complexity index is 3180. The SMILES string of the molecule is CC1(C)c2ccccc2-c2cc3c(cc21)c1ccccc1n3-c1ccc2c(c1)-c1cc(-n3c4ccc(C#N)cc4c4cc(C#N)ccc43)ccc1[Si]2(C)C. The molecule has 0 bridgehead atoms. The van der Waals surface area contributed by atoms with Gasteiger partial charge in [0, 0.05) is 38.3 Å². The number of nitrogens with zero attached hydrogens (tertiary/aromatic N) is 4. The molecule has 1 aliphatic carbocycles. The molecule has 0 N–H and O–H groups in total. The fourth-order valence-corrected chi connectivity index (χ4v) is 13.0. The molecule has 4 nitrogen and oxygen atoms in total. The second-order valence-corrected chi connectivity index (χ2v) is 20.4. The van der Waals surface area contributed by atoms with E-state index in [0.717, 1.165) is 27.5 Å². The van der Waals surface area contributed by atoms with E-state index in [2.05, 4.69) is 145 Å². The van der Waals surface area contributed by atoms with E-state index in [9.17, 15) is 10.5 Å². The minimum absolute atomic E-state index is 0.0685. The second kappa shape index (κ2) is 10.5. The summed E-state index contributed by atoms with van der Waals surface area (Å²) >= 11 is 0. The second-order valence-electron chi connectivity index (χ2n) is 16.0. The topological polar surface area (TPSA) is 57.4 Å². The van der Waals surface area contributed by atoms with Crippen LogP contribution in [0.15, 0.2) is 133 Å². The van der Waals surface area contributed by atoms with E-state index in [1.54, 1.807) is 0 Å². The maximum atomic E-state index is 9.74. The van der Waals surface area contributed by atoms with Crippen LogP contribution in [0.4, 0.5) is 0 Å². The fraction of sp³-hybridized carbons (Fsp3) is 0.102. The zero-order valence-electron chi connectivity index (χ0n) is 30.5. The third-order valence-corrected chi connectivity index (χ3v) is 16.1. The van der Waals surface area contributed by atoms with Gasteiger partial charge in [-0.05, 0) is 123 Å². The molecule has 11 rings (SSSR count). The smallest absolute Gasteiger partial charge is 0.113 e. The van der Waals surface area contributed by atoms with Crippen LogP contribution in [-0.2, 0) is 5.41 Å². The predicted octanol–water partition coefficient (Wildman–Crippen LogP) is 10.7. The molecule has 0 unspecified atom stereocenters. The van der Waals surface area contributed by atoms with Crippen LogP contribution >= 0.6 is 0 Å². The highest BCUT2D eigenvalue weighted by Gasteiger charge is 2.39. The third-order valence-electron chi connectivity index (χ3n) is 12.6. The van der Waals surface area contributed by atoms with Crippen LogP contribution in [0.3, 0.4) is 0 Å². The molecule has 54 heavy (non-hydrogen) atoms. The van der Waals surface area contributed by atoms with Gasteiger partial charge in [-0.25, -0.2) is 0 Å². The number of aromatic nitrogens is 2. The van der Waals surface area contributed by atoms with Crippen molar-refractivity contribution in [3.63, 3.8) is 0 Å².